The molecule has 0 saturated carbocycles. The first kappa shape index (κ1) is 14.8. The van der Waals surface area contributed by atoms with Crippen LogP contribution in [0.2, 0.25) is 0 Å². The number of nitriles is 1. The molecule has 0 saturated heterocycles. The van der Waals surface area contributed by atoms with Crippen LogP contribution in [0.4, 0.5) is 0 Å². The first-order valence-corrected chi connectivity index (χ1v) is 6.77. The molecular formula is C16H10BrNO3. The third-order valence-corrected chi connectivity index (χ3v) is 3.30. The Kier molecular flexibility index (Phi) is 4.75. The minimum Gasteiger partial charge on any atom is -0.478 e. The van der Waals surface area contributed by atoms with Crippen molar-refractivity contribution >= 4 is 28.0 Å². The minimum atomic E-state index is -1.01. The number of hydrogen-bond acceptors (Lipinski definition) is 3. The molecule has 5 heteroatoms. The molecule has 0 amide bonds. The molecule has 0 aliphatic rings. The van der Waals surface area contributed by atoms with Gasteiger partial charge in [-0.05, 0) is 35.9 Å². The van der Waals surface area contributed by atoms with Gasteiger partial charge in [0, 0.05) is 10.5 Å². The summed E-state index contributed by atoms with van der Waals surface area (Å²) in [5, 5.41) is 17.6. The predicted octanol–water partition coefficient (Wildman–Crippen LogP) is 4.21. The molecule has 0 unspecified atom stereocenters. The third-order valence-electron chi connectivity index (χ3n) is 2.61. The third kappa shape index (κ3) is 3.94. The van der Waals surface area contributed by atoms with Gasteiger partial charge in [-0.1, -0.05) is 34.1 Å². The van der Waals surface area contributed by atoms with Crippen LogP contribution in [-0.2, 0) is 4.79 Å². The lowest BCUT2D eigenvalue weighted by molar-refractivity contribution is -0.131. The lowest BCUT2D eigenvalue weighted by atomic mass is 10.2. The summed E-state index contributed by atoms with van der Waals surface area (Å²) in [6.07, 6.45) is 2.55. The summed E-state index contributed by atoms with van der Waals surface area (Å²) in [7, 11) is 0. The molecule has 0 aromatic heterocycles. The molecule has 2 aromatic rings. The Labute approximate surface area is 130 Å². The summed E-state index contributed by atoms with van der Waals surface area (Å²) >= 11 is 3.36. The van der Waals surface area contributed by atoms with Crippen LogP contribution in [0.3, 0.4) is 0 Å². The van der Waals surface area contributed by atoms with Gasteiger partial charge in [0.1, 0.15) is 17.6 Å². The predicted molar refractivity (Wildman–Crippen MR) is 82.0 cm³/mol. The zero-order chi connectivity index (χ0) is 15.2. The second kappa shape index (κ2) is 6.73. The van der Waals surface area contributed by atoms with Gasteiger partial charge < -0.3 is 9.84 Å². The Hall–Kier alpha value is -2.58. The van der Waals surface area contributed by atoms with Gasteiger partial charge in [0.15, 0.2) is 0 Å². The van der Waals surface area contributed by atoms with E-state index in [1.54, 1.807) is 42.5 Å². The molecule has 104 valence electrons. The molecule has 0 aliphatic carbocycles. The molecular weight excluding hydrogens is 334 g/mol. The highest BCUT2D eigenvalue weighted by molar-refractivity contribution is 9.10. The zero-order valence-corrected chi connectivity index (χ0v) is 12.4. The van der Waals surface area contributed by atoms with E-state index in [0.717, 1.165) is 11.6 Å². The minimum absolute atomic E-state index is 0.448. The summed E-state index contributed by atoms with van der Waals surface area (Å²) < 4.78 is 6.37. The number of carboxylic acids is 1. The van der Waals surface area contributed by atoms with Crippen molar-refractivity contribution in [2.75, 3.05) is 0 Å². The SMILES string of the molecule is N#Cc1ccccc1Oc1ccc(/C=C/C(=O)O)c(Br)c1. The average Bonchev–Trinajstić information content (AvgIpc) is 2.47. The number of benzene rings is 2. The monoisotopic (exact) mass is 343 g/mol. The van der Waals surface area contributed by atoms with E-state index in [0.29, 0.717) is 21.5 Å². The van der Waals surface area contributed by atoms with E-state index in [1.165, 1.54) is 6.08 Å². The van der Waals surface area contributed by atoms with Gasteiger partial charge in [-0.15, -0.1) is 0 Å². The number of rotatable bonds is 4. The van der Waals surface area contributed by atoms with Crippen LogP contribution in [0.1, 0.15) is 11.1 Å². The van der Waals surface area contributed by atoms with Crippen molar-refractivity contribution in [2.24, 2.45) is 0 Å². The van der Waals surface area contributed by atoms with Gasteiger partial charge in [0.25, 0.3) is 0 Å². The van der Waals surface area contributed by atoms with Crippen LogP contribution >= 0.6 is 15.9 Å². The molecule has 0 aliphatic heterocycles. The van der Waals surface area contributed by atoms with Crippen molar-refractivity contribution < 1.29 is 14.6 Å². The van der Waals surface area contributed by atoms with Crippen LogP contribution in [0.5, 0.6) is 11.5 Å². The number of hydrogen-bond donors (Lipinski definition) is 1. The molecule has 0 radical (unpaired) electrons. The summed E-state index contributed by atoms with van der Waals surface area (Å²) in [6.45, 7) is 0. The van der Waals surface area contributed by atoms with Gasteiger partial charge in [-0.2, -0.15) is 5.26 Å². The van der Waals surface area contributed by atoms with Crippen molar-refractivity contribution in [3.8, 4) is 17.6 Å². The van der Waals surface area contributed by atoms with Gasteiger partial charge in [0.2, 0.25) is 0 Å². The molecule has 1 N–H and O–H groups in total. The molecule has 21 heavy (non-hydrogen) atoms. The molecule has 0 bridgehead atoms. The summed E-state index contributed by atoms with van der Waals surface area (Å²) in [5.41, 5.74) is 1.17. The molecule has 0 fully saturated rings. The maximum Gasteiger partial charge on any atom is 0.328 e. The number of halogens is 1. The Bertz CT molecular complexity index is 747. The van der Waals surface area contributed by atoms with Crippen molar-refractivity contribution in [1.29, 1.82) is 5.26 Å². The van der Waals surface area contributed by atoms with E-state index >= 15 is 0 Å². The Morgan fingerprint density at radius 1 is 1.29 bits per heavy atom. The second-order valence-corrected chi connectivity index (χ2v) is 4.92. The van der Waals surface area contributed by atoms with Crippen LogP contribution in [0, 0.1) is 11.3 Å². The molecule has 2 rings (SSSR count). The summed E-state index contributed by atoms with van der Waals surface area (Å²) in [6, 6.07) is 14.2. The largest absolute Gasteiger partial charge is 0.478 e. The lowest BCUT2D eigenvalue weighted by Crippen LogP contribution is -1.89. The number of carbonyl (C=O) groups is 1. The Morgan fingerprint density at radius 3 is 2.71 bits per heavy atom. The van der Waals surface area contributed by atoms with E-state index < -0.39 is 5.97 Å². The van der Waals surface area contributed by atoms with Gasteiger partial charge >= 0.3 is 5.97 Å². The highest BCUT2D eigenvalue weighted by atomic mass is 79.9. The standard InChI is InChI=1S/C16H10BrNO3/c17-14-9-13(7-5-11(14)6-8-16(19)20)21-15-4-2-1-3-12(15)10-18/h1-9H,(H,19,20)/b8-6+. The quantitative estimate of drug-likeness (QED) is 0.844. The van der Waals surface area contributed by atoms with Gasteiger partial charge in [-0.3, -0.25) is 0 Å². The molecule has 0 atom stereocenters. The van der Waals surface area contributed by atoms with Crippen molar-refractivity contribution in [2.45, 2.75) is 0 Å². The van der Waals surface area contributed by atoms with Crippen LogP contribution in [0.15, 0.2) is 53.0 Å². The van der Waals surface area contributed by atoms with Crippen LogP contribution in [-0.4, -0.2) is 11.1 Å². The fourth-order valence-corrected chi connectivity index (χ4v) is 2.13. The van der Waals surface area contributed by atoms with Gasteiger partial charge in [-0.25, -0.2) is 4.79 Å². The second-order valence-electron chi connectivity index (χ2n) is 4.06. The molecule has 2 aromatic carbocycles. The van der Waals surface area contributed by atoms with Crippen molar-refractivity contribution in [3.05, 3.63) is 64.1 Å². The molecule has 0 heterocycles. The van der Waals surface area contributed by atoms with Gasteiger partial charge in [0.05, 0.1) is 5.56 Å². The molecule has 4 nitrogen and oxygen atoms in total. The van der Waals surface area contributed by atoms with E-state index in [9.17, 15) is 4.79 Å². The van der Waals surface area contributed by atoms with Crippen molar-refractivity contribution in [3.63, 3.8) is 0 Å². The van der Waals surface area contributed by atoms with Crippen molar-refractivity contribution in [1.82, 2.24) is 0 Å². The van der Waals surface area contributed by atoms with E-state index in [4.69, 9.17) is 15.1 Å². The highest BCUT2D eigenvalue weighted by Crippen LogP contribution is 2.29. The fraction of sp³-hybridized carbons (Fsp3) is 0. The number of para-hydroxylation sites is 1. The number of nitrogens with zero attached hydrogens (tertiary/aromatic N) is 1. The summed E-state index contributed by atoms with van der Waals surface area (Å²) in [5.74, 6) is 0.0166. The maximum atomic E-state index is 10.5. The Morgan fingerprint density at radius 2 is 2.05 bits per heavy atom. The van der Waals surface area contributed by atoms with Crippen LogP contribution in [0.25, 0.3) is 6.08 Å². The topological polar surface area (TPSA) is 70.3 Å². The normalized spacial score (nSPS) is 10.3. The highest BCUT2D eigenvalue weighted by Gasteiger charge is 2.05. The van der Waals surface area contributed by atoms with Crippen LogP contribution < -0.4 is 4.74 Å². The first-order valence-electron chi connectivity index (χ1n) is 5.97. The fourth-order valence-electron chi connectivity index (χ4n) is 1.64. The zero-order valence-electron chi connectivity index (χ0n) is 10.8. The maximum absolute atomic E-state index is 10.5. The van der Waals surface area contributed by atoms with E-state index in [2.05, 4.69) is 22.0 Å². The number of aliphatic carboxylic acids is 1. The molecule has 0 spiro atoms. The van der Waals surface area contributed by atoms with E-state index in [1.807, 2.05) is 0 Å². The smallest absolute Gasteiger partial charge is 0.328 e. The lowest BCUT2D eigenvalue weighted by Gasteiger charge is -2.08. The Balaban J connectivity index is 2.25. The average molecular weight is 344 g/mol. The number of carboxylic acid groups (broad SMARTS) is 1. The summed E-state index contributed by atoms with van der Waals surface area (Å²) in [4.78, 5) is 10.5. The van der Waals surface area contributed by atoms with E-state index in [-0.39, 0.29) is 0 Å². The number of ether oxygens (including phenoxy) is 1. The first-order chi connectivity index (χ1) is 10.1.